The lowest BCUT2D eigenvalue weighted by molar-refractivity contribution is 0.0658. The highest BCUT2D eigenvalue weighted by Gasteiger charge is 2.20. The number of amides is 2. The summed E-state index contributed by atoms with van der Waals surface area (Å²) in [6.07, 6.45) is 2.99. The van der Waals surface area contributed by atoms with Crippen molar-refractivity contribution in [1.82, 2.24) is 25.9 Å². The number of benzene rings is 1. The van der Waals surface area contributed by atoms with E-state index in [2.05, 4.69) is 25.9 Å². The number of hydrogen-bond donors (Lipinski definition) is 4. The van der Waals surface area contributed by atoms with E-state index in [1.165, 1.54) is 13.3 Å². The predicted molar refractivity (Wildman–Crippen MR) is 109 cm³/mol. The molecule has 1 aromatic carbocycles. The van der Waals surface area contributed by atoms with Crippen LogP contribution in [0.1, 0.15) is 40.6 Å². The van der Waals surface area contributed by atoms with E-state index in [-0.39, 0.29) is 29.4 Å². The van der Waals surface area contributed by atoms with Crippen molar-refractivity contribution in [2.75, 3.05) is 25.9 Å². The highest BCUT2D eigenvalue weighted by Crippen LogP contribution is 2.20. The summed E-state index contributed by atoms with van der Waals surface area (Å²) in [5.74, 6) is -0.557. The standard InChI is InChI=1S/C20H26N6O3/c1-12(29-2)24-19(27)14-6-3-5-13(9-14)16-11-23-18(21)17(26-16)20(28)25-15-7-4-8-22-10-15/h3,5-6,9,11-12,15,22H,4,7-8,10H2,1-2H3,(H2,21,23)(H,24,27)(H,25,28)/t12?,15-/m0/s1. The van der Waals surface area contributed by atoms with E-state index < -0.39 is 6.23 Å². The Morgan fingerprint density at radius 1 is 1.34 bits per heavy atom. The number of carbonyl (C=O) groups excluding carboxylic acids is 2. The van der Waals surface area contributed by atoms with Crippen LogP contribution < -0.4 is 21.7 Å². The van der Waals surface area contributed by atoms with E-state index in [0.29, 0.717) is 16.8 Å². The fraction of sp³-hybridized carbons (Fsp3) is 0.400. The molecule has 0 aliphatic carbocycles. The maximum Gasteiger partial charge on any atom is 0.274 e. The van der Waals surface area contributed by atoms with Crippen LogP contribution in [0.2, 0.25) is 0 Å². The van der Waals surface area contributed by atoms with E-state index in [9.17, 15) is 9.59 Å². The monoisotopic (exact) mass is 398 g/mol. The van der Waals surface area contributed by atoms with Crippen LogP contribution in [0.3, 0.4) is 0 Å². The van der Waals surface area contributed by atoms with Crippen LogP contribution >= 0.6 is 0 Å². The third-order valence-corrected chi connectivity index (χ3v) is 4.76. The molecule has 1 unspecified atom stereocenters. The number of nitrogens with zero attached hydrogens (tertiary/aromatic N) is 2. The summed E-state index contributed by atoms with van der Waals surface area (Å²) in [6.45, 7) is 3.41. The molecule has 154 valence electrons. The molecule has 2 aromatic rings. The number of ether oxygens (including phenoxy) is 1. The van der Waals surface area contributed by atoms with Gasteiger partial charge in [-0.25, -0.2) is 9.97 Å². The van der Waals surface area contributed by atoms with Gasteiger partial charge in [-0.1, -0.05) is 12.1 Å². The van der Waals surface area contributed by atoms with Crippen LogP contribution in [-0.2, 0) is 4.74 Å². The summed E-state index contributed by atoms with van der Waals surface area (Å²) in [7, 11) is 1.52. The number of aromatic nitrogens is 2. The van der Waals surface area contributed by atoms with Gasteiger partial charge in [-0.3, -0.25) is 9.59 Å². The smallest absolute Gasteiger partial charge is 0.274 e. The molecule has 1 fully saturated rings. The van der Waals surface area contributed by atoms with Crippen molar-refractivity contribution >= 4 is 17.6 Å². The summed E-state index contributed by atoms with van der Waals surface area (Å²) in [6, 6.07) is 6.95. The van der Waals surface area contributed by atoms with Gasteiger partial charge >= 0.3 is 0 Å². The second-order valence-electron chi connectivity index (χ2n) is 6.94. The van der Waals surface area contributed by atoms with Crippen molar-refractivity contribution in [3.8, 4) is 11.3 Å². The molecule has 2 heterocycles. The first-order valence-electron chi connectivity index (χ1n) is 9.56. The minimum absolute atomic E-state index is 0.0379. The van der Waals surface area contributed by atoms with Gasteiger partial charge < -0.3 is 26.4 Å². The van der Waals surface area contributed by atoms with Crippen LogP contribution in [-0.4, -0.2) is 54.3 Å². The van der Waals surface area contributed by atoms with Crippen molar-refractivity contribution in [1.29, 1.82) is 0 Å². The summed E-state index contributed by atoms with van der Waals surface area (Å²) >= 11 is 0. The highest BCUT2D eigenvalue weighted by atomic mass is 16.5. The third-order valence-electron chi connectivity index (χ3n) is 4.76. The number of piperidine rings is 1. The Balaban J connectivity index is 1.81. The first kappa shape index (κ1) is 20.7. The number of nitrogen functional groups attached to an aromatic ring is 1. The van der Waals surface area contributed by atoms with Gasteiger partial charge in [0, 0.05) is 30.8 Å². The number of nitrogens with one attached hydrogen (secondary N) is 3. The zero-order valence-electron chi connectivity index (χ0n) is 16.6. The molecule has 1 aromatic heterocycles. The van der Waals surface area contributed by atoms with Gasteiger partial charge in [-0.15, -0.1) is 0 Å². The fourth-order valence-electron chi connectivity index (χ4n) is 3.08. The Kier molecular flexibility index (Phi) is 6.73. The minimum atomic E-state index is -0.410. The lowest BCUT2D eigenvalue weighted by atomic mass is 10.1. The molecule has 0 spiro atoms. The number of anilines is 1. The Bertz CT molecular complexity index is 882. The van der Waals surface area contributed by atoms with Gasteiger partial charge in [0.15, 0.2) is 11.5 Å². The van der Waals surface area contributed by atoms with Gasteiger partial charge in [0.1, 0.15) is 6.23 Å². The van der Waals surface area contributed by atoms with Crippen molar-refractivity contribution in [2.45, 2.75) is 32.0 Å². The van der Waals surface area contributed by atoms with Crippen molar-refractivity contribution in [3.05, 3.63) is 41.7 Å². The summed E-state index contributed by atoms with van der Waals surface area (Å²) < 4.78 is 5.06. The van der Waals surface area contributed by atoms with E-state index in [0.717, 1.165) is 25.9 Å². The maximum atomic E-state index is 12.6. The van der Waals surface area contributed by atoms with E-state index in [1.54, 1.807) is 31.2 Å². The Morgan fingerprint density at radius 2 is 2.17 bits per heavy atom. The molecule has 0 saturated carbocycles. The molecular formula is C20H26N6O3. The van der Waals surface area contributed by atoms with Crippen LogP contribution in [0.15, 0.2) is 30.5 Å². The number of rotatable bonds is 6. The van der Waals surface area contributed by atoms with Gasteiger partial charge in [0.05, 0.1) is 11.9 Å². The molecule has 0 bridgehead atoms. The SMILES string of the molecule is COC(C)NC(=O)c1cccc(-c2cnc(N)c(C(=O)N[C@H]3CCCNC3)n2)c1. The van der Waals surface area contributed by atoms with Gasteiger partial charge in [0.2, 0.25) is 0 Å². The van der Waals surface area contributed by atoms with Crippen molar-refractivity contribution < 1.29 is 14.3 Å². The molecule has 9 nitrogen and oxygen atoms in total. The second-order valence-corrected chi connectivity index (χ2v) is 6.94. The molecule has 5 N–H and O–H groups in total. The molecule has 0 radical (unpaired) electrons. The first-order chi connectivity index (χ1) is 14.0. The summed E-state index contributed by atoms with van der Waals surface area (Å²) in [5, 5.41) is 8.92. The molecule has 3 rings (SSSR count). The summed E-state index contributed by atoms with van der Waals surface area (Å²) in [4.78, 5) is 33.5. The molecule has 1 aliphatic rings. The number of nitrogens with two attached hydrogens (primary N) is 1. The molecule has 29 heavy (non-hydrogen) atoms. The van der Waals surface area contributed by atoms with E-state index >= 15 is 0 Å². The van der Waals surface area contributed by atoms with E-state index in [1.807, 2.05) is 0 Å². The van der Waals surface area contributed by atoms with Crippen LogP contribution in [0.4, 0.5) is 5.82 Å². The topological polar surface area (TPSA) is 131 Å². The van der Waals surface area contributed by atoms with Crippen LogP contribution in [0, 0.1) is 0 Å². The zero-order valence-corrected chi connectivity index (χ0v) is 16.6. The maximum absolute atomic E-state index is 12.6. The quantitative estimate of drug-likeness (QED) is 0.532. The van der Waals surface area contributed by atoms with E-state index in [4.69, 9.17) is 10.5 Å². The predicted octanol–water partition coefficient (Wildman–Crippen LogP) is 0.930. The Labute approximate surface area is 169 Å². The lowest BCUT2D eigenvalue weighted by Gasteiger charge is -2.23. The molecule has 9 heteroatoms. The minimum Gasteiger partial charge on any atom is -0.382 e. The summed E-state index contributed by atoms with van der Waals surface area (Å²) in [5.41, 5.74) is 7.54. The Morgan fingerprint density at radius 3 is 2.90 bits per heavy atom. The molecule has 1 saturated heterocycles. The third kappa shape index (κ3) is 5.27. The van der Waals surface area contributed by atoms with Crippen molar-refractivity contribution in [2.24, 2.45) is 0 Å². The normalized spacial score (nSPS) is 17.4. The average molecular weight is 398 g/mol. The number of hydrogen-bond acceptors (Lipinski definition) is 7. The first-order valence-corrected chi connectivity index (χ1v) is 9.56. The molecule has 2 amide bonds. The van der Waals surface area contributed by atoms with Crippen molar-refractivity contribution in [3.63, 3.8) is 0 Å². The molecule has 2 atom stereocenters. The Hall–Kier alpha value is -3.04. The number of methoxy groups -OCH3 is 1. The fourth-order valence-corrected chi connectivity index (χ4v) is 3.08. The van der Waals surface area contributed by atoms with Gasteiger partial charge in [-0.2, -0.15) is 0 Å². The lowest BCUT2D eigenvalue weighted by Crippen LogP contribution is -2.46. The van der Waals surface area contributed by atoms with Gasteiger partial charge in [-0.05, 0) is 38.4 Å². The second kappa shape index (κ2) is 9.44. The molecule has 1 aliphatic heterocycles. The van der Waals surface area contributed by atoms with Gasteiger partial charge in [0.25, 0.3) is 11.8 Å². The van der Waals surface area contributed by atoms with Crippen LogP contribution in [0.25, 0.3) is 11.3 Å². The largest absolute Gasteiger partial charge is 0.382 e. The molecular weight excluding hydrogens is 372 g/mol. The average Bonchev–Trinajstić information content (AvgIpc) is 2.74. The number of carbonyl (C=O) groups is 2. The zero-order chi connectivity index (χ0) is 20.8. The van der Waals surface area contributed by atoms with Crippen LogP contribution in [0.5, 0.6) is 0 Å². The highest BCUT2D eigenvalue weighted by molar-refractivity contribution is 5.97.